The van der Waals surface area contributed by atoms with Gasteiger partial charge in [-0.25, -0.2) is 0 Å². The van der Waals surface area contributed by atoms with Crippen LogP contribution < -0.4 is 5.73 Å². The van der Waals surface area contributed by atoms with Crippen LogP contribution in [0.25, 0.3) is 0 Å². The van der Waals surface area contributed by atoms with Crippen molar-refractivity contribution in [3.8, 4) is 0 Å². The second kappa shape index (κ2) is 5.45. The summed E-state index contributed by atoms with van der Waals surface area (Å²) in [6, 6.07) is 7.98. The minimum Gasteiger partial charge on any atom is -0.329 e. The molecule has 0 aromatic heterocycles. The van der Waals surface area contributed by atoms with Gasteiger partial charge in [-0.3, -0.25) is 4.79 Å². The van der Waals surface area contributed by atoms with Gasteiger partial charge in [-0.1, -0.05) is 32.4 Å². The molecule has 2 nitrogen and oxygen atoms in total. The lowest BCUT2D eigenvalue weighted by Gasteiger charge is -2.39. The van der Waals surface area contributed by atoms with Gasteiger partial charge in [-0.2, -0.15) is 0 Å². The van der Waals surface area contributed by atoms with E-state index in [0.717, 1.165) is 24.8 Å². The van der Waals surface area contributed by atoms with Crippen molar-refractivity contribution < 1.29 is 4.79 Å². The van der Waals surface area contributed by atoms with Crippen LogP contribution in [0.15, 0.2) is 29.2 Å². The highest BCUT2D eigenvalue weighted by molar-refractivity contribution is 7.99. The van der Waals surface area contributed by atoms with E-state index in [9.17, 15) is 4.79 Å². The maximum absolute atomic E-state index is 12.4. The maximum Gasteiger partial charge on any atom is 0.170 e. The Balaban J connectivity index is 2.12. The third kappa shape index (κ3) is 2.62. The zero-order valence-electron chi connectivity index (χ0n) is 11.1. The first-order chi connectivity index (χ1) is 8.57. The standard InChI is InChI=1S/C15H21NOS/c1-11(2)18-13-6-4-12(5-7-13)14(17)15(10-16)8-3-9-15/h4-7,11H,3,8-10,16H2,1-2H3. The van der Waals surface area contributed by atoms with E-state index in [4.69, 9.17) is 5.73 Å². The average molecular weight is 263 g/mol. The molecule has 1 fully saturated rings. The summed E-state index contributed by atoms with van der Waals surface area (Å²) in [6.07, 6.45) is 3.03. The molecule has 0 aliphatic heterocycles. The van der Waals surface area contributed by atoms with E-state index in [0.29, 0.717) is 11.8 Å². The number of carbonyl (C=O) groups is 1. The number of nitrogens with two attached hydrogens (primary N) is 1. The SMILES string of the molecule is CC(C)Sc1ccc(C(=O)C2(CN)CCC2)cc1. The number of hydrogen-bond acceptors (Lipinski definition) is 3. The normalized spacial score (nSPS) is 17.6. The second-order valence-corrected chi connectivity index (χ2v) is 7.01. The Morgan fingerprint density at radius 3 is 2.33 bits per heavy atom. The number of thioether (sulfide) groups is 1. The molecule has 0 amide bonds. The van der Waals surface area contributed by atoms with Crippen molar-refractivity contribution in [2.24, 2.45) is 11.1 Å². The molecule has 0 bridgehead atoms. The topological polar surface area (TPSA) is 43.1 Å². The Hall–Kier alpha value is -0.800. The van der Waals surface area contributed by atoms with E-state index in [2.05, 4.69) is 13.8 Å². The summed E-state index contributed by atoms with van der Waals surface area (Å²) in [5.41, 5.74) is 6.33. The van der Waals surface area contributed by atoms with E-state index in [1.54, 1.807) is 0 Å². The molecule has 0 unspecified atom stereocenters. The summed E-state index contributed by atoms with van der Waals surface area (Å²) < 4.78 is 0. The molecule has 2 N–H and O–H groups in total. The Labute approximate surface area is 113 Å². The van der Waals surface area contributed by atoms with Gasteiger partial charge in [0.25, 0.3) is 0 Å². The van der Waals surface area contributed by atoms with Crippen molar-refractivity contribution in [1.29, 1.82) is 0 Å². The van der Waals surface area contributed by atoms with Crippen LogP contribution in [0.4, 0.5) is 0 Å². The number of rotatable bonds is 5. The minimum atomic E-state index is -0.257. The van der Waals surface area contributed by atoms with Crippen molar-refractivity contribution in [3.05, 3.63) is 29.8 Å². The molecule has 98 valence electrons. The van der Waals surface area contributed by atoms with Crippen molar-refractivity contribution in [2.45, 2.75) is 43.3 Å². The van der Waals surface area contributed by atoms with E-state index in [1.165, 1.54) is 4.90 Å². The Kier molecular flexibility index (Phi) is 4.13. The molecule has 0 atom stereocenters. The van der Waals surface area contributed by atoms with E-state index in [-0.39, 0.29) is 11.2 Å². The van der Waals surface area contributed by atoms with E-state index >= 15 is 0 Å². The fourth-order valence-corrected chi connectivity index (χ4v) is 3.23. The molecule has 18 heavy (non-hydrogen) atoms. The van der Waals surface area contributed by atoms with Crippen LogP contribution >= 0.6 is 11.8 Å². The lowest BCUT2D eigenvalue weighted by atomic mass is 9.64. The Bertz CT molecular complexity index is 415. The van der Waals surface area contributed by atoms with Crippen molar-refractivity contribution in [3.63, 3.8) is 0 Å². The van der Waals surface area contributed by atoms with Crippen LogP contribution in [0.3, 0.4) is 0 Å². The number of ketones is 1. The molecule has 1 aromatic rings. The highest BCUT2D eigenvalue weighted by Crippen LogP contribution is 2.42. The molecule has 1 saturated carbocycles. The predicted molar refractivity (Wildman–Crippen MR) is 77.1 cm³/mol. The lowest BCUT2D eigenvalue weighted by molar-refractivity contribution is 0.0636. The van der Waals surface area contributed by atoms with Gasteiger partial charge in [-0.05, 0) is 25.0 Å². The zero-order chi connectivity index (χ0) is 13.2. The van der Waals surface area contributed by atoms with E-state index in [1.807, 2.05) is 36.0 Å². The number of Topliss-reactive ketones (excluding diaryl/α,β-unsaturated/α-hetero) is 1. The molecule has 2 rings (SSSR count). The molecule has 1 aromatic carbocycles. The van der Waals surface area contributed by atoms with Crippen LogP contribution in [-0.4, -0.2) is 17.6 Å². The summed E-state index contributed by atoms with van der Waals surface area (Å²) >= 11 is 1.82. The molecule has 0 saturated heterocycles. The minimum absolute atomic E-state index is 0.234. The van der Waals surface area contributed by atoms with Crippen LogP contribution in [0.2, 0.25) is 0 Å². The van der Waals surface area contributed by atoms with Crippen molar-refractivity contribution in [1.82, 2.24) is 0 Å². The van der Waals surface area contributed by atoms with Crippen molar-refractivity contribution >= 4 is 17.5 Å². The molecule has 0 heterocycles. The van der Waals surface area contributed by atoms with Crippen LogP contribution in [0.1, 0.15) is 43.5 Å². The summed E-state index contributed by atoms with van der Waals surface area (Å²) in [5.74, 6) is 0.234. The van der Waals surface area contributed by atoms with Gasteiger partial charge in [0.1, 0.15) is 0 Å². The third-order valence-corrected chi connectivity index (χ3v) is 4.69. The monoisotopic (exact) mass is 263 g/mol. The summed E-state index contributed by atoms with van der Waals surface area (Å²) in [5, 5.41) is 0.563. The van der Waals surface area contributed by atoms with Crippen molar-refractivity contribution in [2.75, 3.05) is 6.54 Å². The van der Waals surface area contributed by atoms with Gasteiger partial charge in [0.2, 0.25) is 0 Å². The van der Waals surface area contributed by atoms with Crippen LogP contribution in [0.5, 0.6) is 0 Å². The fourth-order valence-electron chi connectivity index (χ4n) is 2.39. The van der Waals surface area contributed by atoms with Gasteiger partial charge in [0.05, 0.1) is 0 Å². The van der Waals surface area contributed by atoms with Crippen LogP contribution in [-0.2, 0) is 0 Å². The van der Waals surface area contributed by atoms with Gasteiger partial charge < -0.3 is 5.73 Å². The summed E-state index contributed by atoms with van der Waals surface area (Å²) in [7, 11) is 0. The molecule has 0 radical (unpaired) electrons. The molecule has 1 aliphatic carbocycles. The highest BCUT2D eigenvalue weighted by atomic mass is 32.2. The van der Waals surface area contributed by atoms with Gasteiger partial charge in [0, 0.05) is 27.7 Å². The van der Waals surface area contributed by atoms with Gasteiger partial charge >= 0.3 is 0 Å². The molecular weight excluding hydrogens is 242 g/mol. The molecule has 3 heteroatoms. The van der Waals surface area contributed by atoms with Gasteiger partial charge in [-0.15, -0.1) is 11.8 Å². The molecule has 0 spiro atoms. The number of carbonyl (C=O) groups excluding carboxylic acids is 1. The molecular formula is C15H21NOS. The third-order valence-electron chi connectivity index (χ3n) is 3.67. The number of hydrogen-bond donors (Lipinski definition) is 1. The molecule has 1 aliphatic rings. The predicted octanol–water partition coefficient (Wildman–Crippen LogP) is 3.50. The van der Waals surface area contributed by atoms with Crippen LogP contribution in [0, 0.1) is 5.41 Å². The van der Waals surface area contributed by atoms with E-state index < -0.39 is 0 Å². The second-order valence-electron chi connectivity index (χ2n) is 5.36. The first-order valence-corrected chi connectivity index (χ1v) is 7.47. The van der Waals surface area contributed by atoms with Gasteiger partial charge in [0.15, 0.2) is 5.78 Å². The summed E-state index contributed by atoms with van der Waals surface area (Å²) in [6.45, 7) is 4.82. The first-order valence-electron chi connectivity index (χ1n) is 6.59. The quantitative estimate of drug-likeness (QED) is 0.653. The average Bonchev–Trinajstić information content (AvgIpc) is 2.28. The number of benzene rings is 1. The lowest BCUT2D eigenvalue weighted by Crippen LogP contribution is -2.44. The Morgan fingerprint density at radius 1 is 1.33 bits per heavy atom. The first kappa shape index (κ1) is 13.6. The maximum atomic E-state index is 12.4. The summed E-state index contributed by atoms with van der Waals surface area (Å²) in [4.78, 5) is 13.6. The zero-order valence-corrected chi connectivity index (χ0v) is 11.9. The fraction of sp³-hybridized carbons (Fsp3) is 0.533. The largest absolute Gasteiger partial charge is 0.329 e. The highest BCUT2D eigenvalue weighted by Gasteiger charge is 2.42. The Morgan fingerprint density at radius 2 is 1.94 bits per heavy atom. The smallest absolute Gasteiger partial charge is 0.170 e.